The summed E-state index contributed by atoms with van der Waals surface area (Å²) >= 11 is 0. The standard InChI is InChI=1S/C43H54N4O5/c1-7-24-17-23-20-43(42(49)52-6)39-28(15-16-47(21-23)40(24)43)27-13-14-34(50-4)36(38(27)45-39)31-18-29-25(8-2)22-46(3)33(35(29)41(48)51-5)19-30-26-11-9-10-12-32(26)44-37(30)31/h9-14,23-25,29,31,33,35,40,44-45H,7-8,15-22H2,1-6H3/t23?,24-,25?,29?,31+,33?,35?,40?,43+/m0/s1. The summed E-state index contributed by atoms with van der Waals surface area (Å²) in [5.74, 6) is 1.62. The number of benzene rings is 2. The fourth-order valence-corrected chi connectivity index (χ4v) is 12.5. The van der Waals surface area contributed by atoms with Crippen molar-refractivity contribution in [3.63, 3.8) is 0 Å². The van der Waals surface area contributed by atoms with Gasteiger partial charge in [-0.1, -0.05) is 44.9 Å². The highest BCUT2D eigenvalue weighted by molar-refractivity contribution is 5.95. The Balaban J connectivity index is 1.31. The molecule has 2 aromatic carbocycles. The van der Waals surface area contributed by atoms with E-state index >= 15 is 0 Å². The number of nitrogens with one attached hydrogen (secondary N) is 2. The van der Waals surface area contributed by atoms with Crippen LogP contribution < -0.4 is 4.74 Å². The summed E-state index contributed by atoms with van der Waals surface area (Å²) in [6.45, 7) is 7.48. The molecule has 2 aliphatic carbocycles. The highest BCUT2D eigenvalue weighted by Crippen LogP contribution is 2.57. The summed E-state index contributed by atoms with van der Waals surface area (Å²) in [6.07, 6.45) is 6.43. The molecule has 4 aromatic rings. The number of nitrogens with zero attached hydrogens (tertiary/aromatic N) is 2. The Hall–Kier alpha value is -3.82. The summed E-state index contributed by atoms with van der Waals surface area (Å²) in [4.78, 5) is 41.3. The van der Waals surface area contributed by atoms with E-state index in [1.165, 1.54) is 34.0 Å². The minimum Gasteiger partial charge on any atom is -0.496 e. The van der Waals surface area contributed by atoms with Gasteiger partial charge in [0.05, 0.1) is 32.8 Å². The molecule has 6 aliphatic rings. The number of piperidine rings is 3. The van der Waals surface area contributed by atoms with Gasteiger partial charge in [-0.2, -0.15) is 0 Å². The molecule has 2 aromatic heterocycles. The maximum absolute atomic E-state index is 14.4. The molecule has 3 saturated heterocycles. The highest BCUT2D eigenvalue weighted by Gasteiger charge is 2.63. The van der Waals surface area contributed by atoms with Crippen molar-refractivity contribution in [1.29, 1.82) is 0 Å². The van der Waals surface area contributed by atoms with Crippen LogP contribution in [0, 0.1) is 29.6 Å². The molecule has 1 saturated carbocycles. The number of H-pyrrole nitrogens is 2. The van der Waals surface area contributed by atoms with Crippen molar-refractivity contribution in [2.45, 2.75) is 82.2 Å². The molecular weight excluding hydrogens is 652 g/mol. The van der Waals surface area contributed by atoms with Crippen LogP contribution in [0.2, 0.25) is 0 Å². The Bertz CT molecular complexity index is 2050. The molecule has 10 rings (SSSR count). The van der Waals surface area contributed by atoms with Crippen LogP contribution >= 0.6 is 0 Å². The van der Waals surface area contributed by atoms with Gasteiger partial charge in [-0.15, -0.1) is 0 Å². The molecule has 0 spiro atoms. The lowest BCUT2D eigenvalue weighted by Crippen LogP contribution is -2.67. The third kappa shape index (κ3) is 4.66. The Labute approximate surface area is 306 Å². The van der Waals surface area contributed by atoms with Crippen LogP contribution in [0.25, 0.3) is 21.8 Å². The smallest absolute Gasteiger partial charge is 0.319 e. The first-order chi connectivity index (χ1) is 25.3. The second-order valence-corrected chi connectivity index (χ2v) is 16.7. The summed E-state index contributed by atoms with van der Waals surface area (Å²) in [6, 6.07) is 13.1. The number of para-hydroxylation sites is 1. The molecule has 4 fully saturated rings. The van der Waals surface area contributed by atoms with Crippen molar-refractivity contribution in [3.05, 3.63) is 64.5 Å². The lowest BCUT2D eigenvalue weighted by molar-refractivity contribution is -0.162. The number of hydrogen-bond donors (Lipinski definition) is 2. The third-order valence-corrected chi connectivity index (χ3v) is 14.6. The van der Waals surface area contributed by atoms with Gasteiger partial charge in [0, 0.05) is 70.9 Å². The zero-order chi connectivity index (χ0) is 36.1. The van der Waals surface area contributed by atoms with Gasteiger partial charge >= 0.3 is 11.9 Å². The Morgan fingerprint density at radius 3 is 2.48 bits per heavy atom. The van der Waals surface area contributed by atoms with Crippen LogP contribution in [0.15, 0.2) is 36.4 Å². The summed E-state index contributed by atoms with van der Waals surface area (Å²) < 4.78 is 17.7. The number of esters is 2. The highest BCUT2D eigenvalue weighted by atomic mass is 16.5. The van der Waals surface area contributed by atoms with Crippen molar-refractivity contribution in [3.8, 4) is 5.75 Å². The lowest BCUT2D eigenvalue weighted by atomic mass is 9.56. The molecular formula is C43H54N4O5. The normalized spacial score (nSPS) is 33.8. The number of aromatic amines is 2. The number of methoxy groups -OCH3 is 3. The number of carbonyl (C=O) groups excluding carboxylic acids is 2. The summed E-state index contributed by atoms with van der Waals surface area (Å²) in [5, 5.41) is 2.38. The molecule has 6 bridgehead atoms. The number of aromatic nitrogens is 2. The zero-order valence-corrected chi connectivity index (χ0v) is 31.6. The summed E-state index contributed by atoms with van der Waals surface area (Å²) in [5.41, 5.74) is 7.31. The molecule has 9 nitrogen and oxygen atoms in total. The van der Waals surface area contributed by atoms with Crippen molar-refractivity contribution >= 4 is 33.7 Å². The van der Waals surface area contributed by atoms with Gasteiger partial charge in [-0.3, -0.25) is 14.5 Å². The lowest BCUT2D eigenvalue weighted by Gasteiger charge is -2.57. The molecule has 7 unspecified atom stereocenters. The van der Waals surface area contributed by atoms with Crippen molar-refractivity contribution in [2.75, 3.05) is 48.0 Å². The van der Waals surface area contributed by atoms with Crippen molar-refractivity contribution < 1.29 is 23.8 Å². The minimum absolute atomic E-state index is 0.0366. The number of likely N-dealkylation sites (N-methyl/N-ethyl adjacent to an activating group) is 1. The van der Waals surface area contributed by atoms with Gasteiger partial charge < -0.3 is 29.1 Å². The molecule has 4 aliphatic heterocycles. The van der Waals surface area contributed by atoms with Crippen LogP contribution in [0.1, 0.15) is 79.9 Å². The summed E-state index contributed by atoms with van der Waals surface area (Å²) in [7, 11) is 7.06. The van der Waals surface area contributed by atoms with E-state index in [-0.39, 0.29) is 41.8 Å². The number of carbonyl (C=O) groups is 2. The van der Waals surface area contributed by atoms with Crippen molar-refractivity contribution in [1.82, 2.24) is 19.8 Å². The molecule has 276 valence electrons. The largest absolute Gasteiger partial charge is 0.496 e. The monoisotopic (exact) mass is 706 g/mol. The maximum Gasteiger partial charge on any atom is 0.319 e. The van der Waals surface area contributed by atoms with Gasteiger partial charge in [0.25, 0.3) is 0 Å². The molecule has 0 amide bonds. The predicted octanol–water partition coefficient (Wildman–Crippen LogP) is 6.57. The van der Waals surface area contributed by atoms with Crippen LogP contribution in [-0.2, 0) is 37.3 Å². The fourth-order valence-electron chi connectivity index (χ4n) is 12.5. The second kappa shape index (κ2) is 12.7. The predicted molar refractivity (Wildman–Crippen MR) is 202 cm³/mol. The minimum atomic E-state index is -0.746. The third-order valence-electron chi connectivity index (χ3n) is 14.6. The van der Waals surface area contributed by atoms with Gasteiger partial charge in [0.15, 0.2) is 0 Å². The van der Waals surface area contributed by atoms with Gasteiger partial charge in [0.2, 0.25) is 0 Å². The van der Waals surface area contributed by atoms with E-state index in [0.29, 0.717) is 17.8 Å². The van der Waals surface area contributed by atoms with Gasteiger partial charge in [-0.05, 0) is 92.1 Å². The number of rotatable bonds is 6. The molecule has 9 heteroatoms. The van der Waals surface area contributed by atoms with E-state index in [1.54, 1.807) is 21.3 Å². The van der Waals surface area contributed by atoms with E-state index < -0.39 is 5.41 Å². The first kappa shape index (κ1) is 34.0. The topological polar surface area (TPSA) is 99.9 Å². The Morgan fingerprint density at radius 2 is 1.73 bits per heavy atom. The average Bonchev–Trinajstić information content (AvgIpc) is 3.70. The number of likely N-dealkylation sites (tertiary alicyclic amines) is 1. The van der Waals surface area contributed by atoms with E-state index in [4.69, 9.17) is 14.2 Å². The zero-order valence-electron chi connectivity index (χ0n) is 31.6. The molecule has 0 radical (unpaired) electrons. The van der Waals surface area contributed by atoms with Gasteiger partial charge in [-0.25, -0.2) is 0 Å². The van der Waals surface area contributed by atoms with E-state index in [2.05, 4.69) is 77.1 Å². The number of ether oxygens (including phenoxy) is 3. The van der Waals surface area contributed by atoms with E-state index in [0.717, 1.165) is 86.2 Å². The molecule has 52 heavy (non-hydrogen) atoms. The first-order valence-corrected chi connectivity index (χ1v) is 19.7. The van der Waals surface area contributed by atoms with Crippen LogP contribution in [-0.4, -0.2) is 91.8 Å². The number of fused-ring (bicyclic) bond motifs is 9. The van der Waals surface area contributed by atoms with Crippen LogP contribution in [0.5, 0.6) is 5.75 Å². The average molecular weight is 707 g/mol. The maximum atomic E-state index is 14.4. The SMILES string of the molecule is CCC1CN(C)C2Cc3c([nH]c4ccccc34)[C@@H](c3c(OC)ccc4c5c([nH]c34)[C@]3(C(=O)OC)CC4C[C@H](CC)C3N(CC5)C4)CC1C2C(=O)OC. The van der Waals surface area contributed by atoms with Gasteiger partial charge in [0.1, 0.15) is 11.2 Å². The van der Waals surface area contributed by atoms with E-state index in [9.17, 15) is 9.59 Å². The van der Waals surface area contributed by atoms with Crippen LogP contribution in [0.3, 0.4) is 0 Å². The fraction of sp³-hybridized carbons (Fsp3) is 0.581. The Kier molecular flexibility index (Phi) is 8.27. The second-order valence-electron chi connectivity index (χ2n) is 16.7. The first-order valence-electron chi connectivity index (χ1n) is 19.7. The molecule has 6 heterocycles. The quantitative estimate of drug-likeness (QED) is 0.219. The molecule has 2 N–H and O–H groups in total. The molecule has 10 atom stereocenters. The Morgan fingerprint density at radius 1 is 0.923 bits per heavy atom. The van der Waals surface area contributed by atoms with Crippen LogP contribution in [0.4, 0.5) is 0 Å². The number of hydrogen-bond acceptors (Lipinski definition) is 7. The van der Waals surface area contributed by atoms with E-state index in [1.807, 2.05) is 0 Å². The van der Waals surface area contributed by atoms with Crippen molar-refractivity contribution in [2.24, 2.45) is 29.6 Å².